The van der Waals surface area contributed by atoms with Crippen molar-refractivity contribution in [2.75, 3.05) is 34.5 Å². The van der Waals surface area contributed by atoms with Crippen LogP contribution in [0, 0.1) is 0 Å². The summed E-state index contributed by atoms with van der Waals surface area (Å²) < 4.78 is 15.1. The first kappa shape index (κ1) is 15.3. The highest BCUT2D eigenvalue weighted by Gasteiger charge is 2.14. The molecule has 6 nitrogen and oxygen atoms in total. The lowest BCUT2D eigenvalue weighted by molar-refractivity contribution is 0.0839. The summed E-state index contributed by atoms with van der Waals surface area (Å²) in [6.07, 6.45) is 0. The summed E-state index contributed by atoms with van der Waals surface area (Å²) in [5.74, 6) is 0.717. The third-order valence-corrected chi connectivity index (χ3v) is 2.57. The number of ether oxygens (including phenoxy) is 3. The zero-order chi connectivity index (χ0) is 14.3. The fourth-order valence-corrected chi connectivity index (χ4v) is 1.59. The molecule has 0 radical (unpaired) electrons. The van der Waals surface area contributed by atoms with Gasteiger partial charge in [0.25, 0.3) is 5.91 Å². The van der Waals surface area contributed by atoms with Crippen LogP contribution in [-0.4, -0.2) is 51.6 Å². The number of rotatable bonds is 7. The fourth-order valence-electron chi connectivity index (χ4n) is 1.59. The van der Waals surface area contributed by atoms with E-state index in [0.717, 1.165) is 0 Å². The van der Waals surface area contributed by atoms with Crippen molar-refractivity contribution in [3.8, 4) is 11.5 Å². The van der Waals surface area contributed by atoms with Gasteiger partial charge in [0.2, 0.25) is 0 Å². The summed E-state index contributed by atoms with van der Waals surface area (Å²) in [6, 6.07) is 4.41. The van der Waals surface area contributed by atoms with Gasteiger partial charge in [-0.1, -0.05) is 0 Å². The van der Waals surface area contributed by atoms with Gasteiger partial charge in [-0.3, -0.25) is 4.79 Å². The molecule has 1 aromatic rings. The molecule has 0 heterocycles. The molecule has 0 aliphatic carbocycles. The van der Waals surface area contributed by atoms with Crippen LogP contribution in [0.5, 0.6) is 11.5 Å². The van der Waals surface area contributed by atoms with Gasteiger partial charge in [-0.15, -0.1) is 0 Å². The molecular formula is C13H19NO5. The summed E-state index contributed by atoms with van der Waals surface area (Å²) in [6.45, 7) is 0.0579. The molecule has 1 atom stereocenters. The lowest BCUT2D eigenvalue weighted by Gasteiger charge is -2.16. The molecule has 0 saturated heterocycles. The van der Waals surface area contributed by atoms with Gasteiger partial charge in [-0.2, -0.15) is 0 Å². The van der Waals surface area contributed by atoms with Crippen LogP contribution in [0.2, 0.25) is 0 Å². The standard InChI is InChI=1S/C13H19NO5/c1-17-8-10(7-15)14-13(16)9-4-5-11(18-2)12(6-9)19-3/h4-6,10,15H,7-8H2,1-3H3,(H,14,16). The number of methoxy groups -OCH3 is 3. The van der Waals surface area contributed by atoms with E-state index in [0.29, 0.717) is 17.1 Å². The van der Waals surface area contributed by atoms with Gasteiger partial charge < -0.3 is 24.6 Å². The number of carbonyl (C=O) groups excluding carboxylic acids is 1. The van der Waals surface area contributed by atoms with E-state index in [1.165, 1.54) is 21.3 Å². The Morgan fingerprint density at radius 3 is 2.47 bits per heavy atom. The van der Waals surface area contributed by atoms with Crippen LogP contribution >= 0.6 is 0 Å². The minimum atomic E-state index is -0.439. The lowest BCUT2D eigenvalue weighted by Crippen LogP contribution is -2.40. The Morgan fingerprint density at radius 1 is 1.26 bits per heavy atom. The van der Waals surface area contributed by atoms with Crippen molar-refractivity contribution in [2.24, 2.45) is 0 Å². The Kier molecular flexibility index (Phi) is 6.11. The molecule has 0 fully saturated rings. The van der Waals surface area contributed by atoms with Crippen LogP contribution in [0.4, 0.5) is 0 Å². The summed E-state index contributed by atoms with van der Waals surface area (Å²) in [4.78, 5) is 12.0. The molecule has 19 heavy (non-hydrogen) atoms. The van der Waals surface area contributed by atoms with E-state index < -0.39 is 6.04 Å². The van der Waals surface area contributed by atoms with Crippen molar-refractivity contribution in [1.29, 1.82) is 0 Å². The second-order valence-corrected chi connectivity index (χ2v) is 3.88. The first-order valence-electron chi connectivity index (χ1n) is 5.79. The smallest absolute Gasteiger partial charge is 0.251 e. The van der Waals surface area contributed by atoms with Crippen molar-refractivity contribution in [1.82, 2.24) is 5.32 Å². The first-order chi connectivity index (χ1) is 9.15. The van der Waals surface area contributed by atoms with Crippen molar-refractivity contribution >= 4 is 5.91 Å². The van der Waals surface area contributed by atoms with Gasteiger partial charge in [0, 0.05) is 12.7 Å². The Balaban J connectivity index is 2.82. The van der Waals surface area contributed by atoms with Gasteiger partial charge in [-0.25, -0.2) is 0 Å². The minimum absolute atomic E-state index is 0.188. The summed E-state index contributed by atoms with van der Waals surface area (Å²) in [5.41, 5.74) is 0.423. The van der Waals surface area contributed by atoms with Crippen molar-refractivity contribution in [2.45, 2.75) is 6.04 Å². The van der Waals surface area contributed by atoms with Crippen LogP contribution in [0.15, 0.2) is 18.2 Å². The summed E-state index contributed by atoms with van der Waals surface area (Å²) in [7, 11) is 4.53. The number of carbonyl (C=O) groups is 1. The van der Waals surface area contributed by atoms with Crippen LogP contribution < -0.4 is 14.8 Å². The van der Waals surface area contributed by atoms with E-state index in [-0.39, 0.29) is 19.1 Å². The van der Waals surface area contributed by atoms with Gasteiger partial charge in [-0.05, 0) is 18.2 Å². The van der Waals surface area contributed by atoms with E-state index in [4.69, 9.17) is 19.3 Å². The largest absolute Gasteiger partial charge is 0.493 e. The molecule has 1 rings (SSSR count). The Morgan fingerprint density at radius 2 is 1.95 bits per heavy atom. The monoisotopic (exact) mass is 269 g/mol. The molecule has 0 aromatic heterocycles. The molecule has 0 spiro atoms. The highest BCUT2D eigenvalue weighted by Crippen LogP contribution is 2.27. The molecule has 0 aliphatic heterocycles. The summed E-state index contributed by atoms with van der Waals surface area (Å²) in [5, 5.41) is 11.8. The van der Waals surface area contributed by atoms with Gasteiger partial charge in [0.15, 0.2) is 11.5 Å². The molecule has 0 aliphatic rings. The molecule has 6 heteroatoms. The van der Waals surface area contributed by atoms with Crippen LogP contribution in [-0.2, 0) is 4.74 Å². The van der Waals surface area contributed by atoms with E-state index in [1.807, 2.05) is 0 Å². The van der Waals surface area contributed by atoms with E-state index in [9.17, 15) is 4.79 Å². The Labute approximate surface area is 112 Å². The fraction of sp³-hybridized carbons (Fsp3) is 0.462. The SMILES string of the molecule is COCC(CO)NC(=O)c1ccc(OC)c(OC)c1. The van der Waals surface area contributed by atoms with E-state index >= 15 is 0 Å². The van der Waals surface area contributed by atoms with Gasteiger partial charge >= 0.3 is 0 Å². The third-order valence-electron chi connectivity index (χ3n) is 2.57. The Bertz CT molecular complexity index is 421. The number of hydrogen-bond acceptors (Lipinski definition) is 5. The quantitative estimate of drug-likeness (QED) is 0.751. The maximum atomic E-state index is 12.0. The zero-order valence-electron chi connectivity index (χ0n) is 11.3. The van der Waals surface area contributed by atoms with Gasteiger partial charge in [0.1, 0.15) is 0 Å². The summed E-state index contributed by atoms with van der Waals surface area (Å²) >= 11 is 0. The topological polar surface area (TPSA) is 77.0 Å². The van der Waals surface area contributed by atoms with Crippen molar-refractivity contribution in [3.63, 3.8) is 0 Å². The first-order valence-corrected chi connectivity index (χ1v) is 5.79. The normalized spacial score (nSPS) is 11.8. The van der Waals surface area contributed by atoms with Gasteiger partial charge in [0.05, 0.1) is 33.5 Å². The maximum Gasteiger partial charge on any atom is 0.251 e. The minimum Gasteiger partial charge on any atom is -0.493 e. The number of aliphatic hydroxyl groups is 1. The second-order valence-electron chi connectivity index (χ2n) is 3.88. The highest BCUT2D eigenvalue weighted by atomic mass is 16.5. The zero-order valence-corrected chi connectivity index (χ0v) is 11.3. The predicted molar refractivity (Wildman–Crippen MR) is 69.8 cm³/mol. The molecule has 2 N–H and O–H groups in total. The van der Waals surface area contributed by atoms with Crippen molar-refractivity contribution < 1.29 is 24.1 Å². The lowest BCUT2D eigenvalue weighted by atomic mass is 10.1. The molecule has 0 bridgehead atoms. The number of hydrogen-bond donors (Lipinski definition) is 2. The van der Waals surface area contributed by atoms with Crippen LogP contribution in [0.25, 0.3) is 0 Å². The van der Waals surface area contributed by atoms with Crippen molar-refractivity contribution in [3.05, 3.63) is 23.8 Å². The molecule has 1 unspecified atom stereocenters. The predicted octanol–water partition coefficient (Wildman–Crippen LogP) is 0.441. The van der Waals surface area contributed by atoms with E-state index in [1.54, 1.807) is 18.2 Å². The average Bonchev–Trinajstić information content (AvgIpc) is 2.45. The molecule has 0 saturated carbocycles. The second kappa shape index (κ2) is 7.60. The highest BCUT2D eigenvalue weighted by molar-refractivity contribution is 5.95. The molecule has 106 valence electrons. The number of nitrogens with one attached hydrogen (secondary N) is 1. The number of amides is 1. The van der Waals surface area contributed by atoms with E-state index in [2.05, 4.69) is 5.32 Å². The third kappa shape index (κ3) is 4.11. The van der Waals surface area contributed by atoms with Crippen LogP contribution in [0.3, 0.4) is 0 Å². The molecule has 1 amide bonds. The number of aliphatic hydroxyl groups excluding tert-OH is 1. The molecule has 1 aromatic carbocycles. The van der Waals surface area contributed by atoms with Crippen LogP contribution in [0.1, 0.15) is 10.4 Å². The Hall–Kier alpha value is -1.79. The molecular weight excluding hydrogens is 250 g/mol. The number of benzene rings is 1. The maximum absolute atomic E-state index is 12.0. The average molecular weight is 269 g/mol.